The number of thioether (sulfide) groups is 1. The van der Waals surface area contributed by atoms with E-state index in [9.17, 15) is 4.79 Å². The van der Waals surface area contributed by atoms with Gasteiger partial charge in [-0.3, -0.25) is 4.79 Å². The molecule has 1 aromatic carbocycles. The van der Waals surface area contributed by atoms with Crippen LogP contribution in [0.1, 0.15) is 44.4 Å². The molecule has 1 amide bonds. The van der Waals surface area contributed by atoms with Crippen molar-refractivity contribution >= 4 is 23.5 Å². The lowest BCUT2D eigenvalue weighted by Gasteiger charge is -2.16. The number of carbonyl (C=O) groups excluding carboxylic acids is 1. The molecule has 2 atom stereocenters. The zero-order valence-electron chi connectivity index (χ0n) is 16.7. The van der Waals surface area contributed by atoms with E-state index in [0.29, 0.717) is 11.0 Å². The molecule has 2 heterocycles. The molecule has 0 radical (unpaired) electrons. The first kappa shape index (κ1) is 20.1. The maximum atomic E-state index is 12.7. The Hall–Kier alpha value is -2.68. The predicted molar refractivity (Wildman–Crippen MR) is 110 cm³/mol. The summed E-state index contributed by atoms with van der Waals surface area (Å²) >= 11 is 1.32. The van der Waals surface area contributed by atoms with Crippen LogP contribution < -0.4 is 5.32 Å². The number of benzene rings is 1. The average molecular weight is 400 g/mol. The lowest BCUT2D eigenvalue weighted by molar-refractivity contribution is -0.115. The Bertz CT molecular complexity index is 965. The summed E-state index contributed by atoms with van der Waals surface area (Å²) in [5.74, 6) is 0.575. The Morgan fingerprint density at radius 1 is 1.25 bits per heavy atom. The summed E-state index contributed by atoms with van der Waals surface area (Å²) in [7, 11) is 0. The molecule has 28 heavy (non-hydrogen) atoms. The van der Waals surface area contributed by atoms with E-state index in [-0.39, 0.29) is 17.2 Å². The van der Waals surface area contributed by atoms with Gasteiger partial charge in [-0.15, -0.1) is 5.10 Å². The van der Waals surface area contributed by atoms with Crippen LogP contribution in [-0.2, 0) is 4.79 Å². The van der Waals surface area contributed by atoms with Crippen LogP contribution in [0, 0.1) is 13.8 Å². The van der Waals surface area contributed by atoms with E-state index in [0.717, 1.165) is 17.7 Å². The van der Waals surface area contributed by atoms with Crippen LogP contribution in [0.15, 0.2) is 35.6 Å². The van der Waals surface area contributed by atoms with Crippen molar-refractivity contribution in [1.82, 2.24) is 30.0 Å². The Balaban J connectivity index is 1.74. The fraction of sp³-hybridized carbons (Fsp3) is 0.421. The fourth-order valence-electron chi connectivity index (χ4n) is 2.82. The van der Waals surface area contributed by atoms with Crippen molar-refractivity contribution in [3.8, 4) is 5.69 Å². The minimum Gasteiger partial charge on any atom is -0.310 e. The number of rotatable bonds is 7. The van der Waals surface area contributed by atoms with Crippen molar-refractivity contribution in [1.29, 1.82) is 0 Å². The normalized spacial score (nSPS) is 13.3. The molecule has 0 aliphatic rings. The quantitative estimate of drug-likeness (QED) is 0.611. The van der Waals surface area contributed by atoms with E-state index >= 15 is 0 Å². The van der Waals surface area contributed by atoms with E-state index in [1.165, 1.54) is 17.3 Å². The SMILES string of the molecule is CC[C@H](C)n1nccc1NC(=O)[C@@H](C)Sc1nnnn1-c1ccc(C)cc1C. The van der Waals surface area contributed by atoms with Crippen molar-refractivity contribution in [2.24, 2.45) is 0 Å². The van der Waals surface area contributed by atoms with E-state index in [1.54, 1.807) is 16.9 Å². The molecule has 0 saturated carbocycles. The third kappa shape index (κ3) is 4.24. The highest BCUT2D eigenvalue weighted by atomic mass is 32.2. The van der Waals surface area contributed by atoms with Gasteiger partial charge in [0.25, 0.3) is 0 Å². The topological polar surface area (TPSA) is 90.5 Å². The summed E-state index contributed by atoms with van der Waals surface area (Å²) in [5, 5.41) is 19.5. The summed E-state index contributed by atoms with van der Waals surface area (Å²) in [5.41, 5.74) is 3.15. The number of tetrazole rings is 1. The maximum absolute atomic E-state index is 12.7. The van der Waals surface area contributed by atoms with Crippen LogP contribution in [-0.4, -0.2) is 41.1 Å². The standard InChI is InChI=1S/C19H25N7OS/c1-6-14(4)25-17(9-10-20-25)21-18(27)15(5)28-19-22-23-24-26(19)16-8-7-12(2)11-13(16)3/h7-11,14-15H,6H2,1-5H3,(H,21,27)/t14-,15+/m0/s1. The van der Waals surface area contributed by atoms with Crippen molar-refractivity contribution < 1.29 is 4.79 Å². The van der Waals surface area contributed by atoms with E-state index in [1.807, 2.05) is 37.6 Å². The van der Waals surface area contributed by atoms with Gasteiger partial charge in [0.05, 0.1) is 23.2 Å². The van der Waals surface area contributed by atoms with Gasteiger partial charge >= 0.3 is 0 Å². The molecule has 0 spiro atoms. The summed E-state index contributed by atoms with van der Waals surface area (Å²) in [4.78, 5) is 12.7. The Morgan fingerprint density at radius 3 is 2.75 bits per heavy atom. The minimum atomic E-state index is -0.379. The number of nitrogens with one attached hydrogen (secondary N) is 1. The second-order valence-corrected chi connectivity index (χ2v) is 8.14. The molecule has 9 heteroatoms. The number of amides is 1. The summed E-state index contributed by atoms with van der Waals surface area (Å²) in [6.45, 7) is 10.1. The number of anilines is 1. The van der Waals surface area contributed by atoms with Gasteiger partial charge in [-0.05, 0) is 56.2 Å². The molecule has 8 nitrogen and oxygen atoms in total. The first-order valence-electron chi connectivity index (χ1n) is 9.27. The number of aromatic nitrogens is 6. The van der Waals surface area contributed by atoms with E-state index in [4.69, 9.17) is 0 Å². The summed E-state index contributed by atoms with van der Waals surface area (Å²) in [6, 6.07) is 8.11. The van der Waals surface area contributed by atoms with Gasteiger partial charge in [-0.25, -0.2) is 4.68 Å². The Morgan fingerprint density at radius 2 is 2.04 bits per heavy atom. The first-order valence-corrected chi connectivity index (χ1v) is 10.2. The molecule has 1 N–H and O–H groups in total. The molecule has 148 valence electrons. The van der Waals surface area contributed by atoms with Gasteiger partial charge < -0.3 is 5.32 Å². The zero-order chi connectivity index (χ0) is 20.3. The van der Waals surface area contributed by atoms with Crippen molar-refractivity contribution in [3.05, 3.63) is 41.6 Å². The van der Waals surface area contributed by atoms with Crippen molar-refractivity contribution in [2.45, 2.75) is 57.5 Å². The highest BCUT2D eigenvalue weighted by Gasteiger charge is 2.21. The van der Waals surface area contributed by atoms with Gasteiger partial charge in [0.15, 0.2) is 0 Å². The van der Waals surface area contributed by atoms with Gasteiger partial charge in [-0.2, -0.15) is 9.78 Å². The maximum Gasteiger partial charge on any atom is 0.238 e. The van der Waals surface area contributed by atoms with Crippen LogP contribution in [0.5, 0.6) is 0 Å². The molecule has 0 fully saturated rings. The highest BCUT2D eigenvalue weighted by Crippen LogP contribution is 2.26. The van der Waals surface area contributed by atoms with Crippen LogP contribution in [0.25, 0.3) is 5.69 Å². The van der Waals surface area contributed by atoms with Gasteiger partial charge in [0.2, 0.25) is 11.1 Å². The first-order chi connectivity index (χ1) is 13.4. The number of hydrogen-bond acceptors (Lipinski definition) is 6. The summed E-state index contributed by atoms with van der Waals surface area (Å²) in [6.07, 6.45) is 2.62. The molecule has 0 saturated heterocycles. The molecule has 0 aliphatic carbocycles. The third-order valence-corrected chi connectivity index (χ3v) is 5.64. The number of aryl methyl sites for hydroxylation is 2. The molecule has 2 aromatic heterocycles. The lowest BCUT2D eigenvalue weighted by atomic mass is 10.1. The largest absolute Gasteiger partial charge is 0.310 e. The van der Waals surface area contributed by atoms with Crippen LogP contribution in [0.2, 0.25) is 0 Å². The second kappa shape index (κ2) is 8.55. The van der Waals surface area contributed by atoms with Crippen LogP contribution in [0.4, 0.5) is 5.82 Å². The zero-order valence-corrected chi connectivity index (χ0v) is 17.6. The third-order valence-electron chi connectivity index (χ3n) is 4.60. The number of hydrogen-bond donors (Lipinski definition) is 1. The minimum absolute atomic E-state index is 0.120. The molecule has 0 bridgehead atoms. The van der Waals surface area contributed by atoms with Crippen LogP contribution >= 0.6 is 11.8 Å². The highest BCUT2D eigenvalue weighted by molar-refractivity contribution is 8.00. The number of carbonyl (C=O) groups is 1. The summed E-state index contributed by atoms with van der Waals surface area (Å²) < 4.78 is 3.50. The lowest BCUT2D eigenvalue weighted by Crippen LogP contribution is -2.25. The van der Waals surface area contributed by atoms with Gasteiger partial charge in [0.1, 0.15) is 5.82 Å². The van der Waals surface area contributed by atoms with E-state index < -0.39 is 0 Å². The molecule has 3 aromatic rings. The smallest absolute Gasteiger partial charge is 0.238 e. The Kier molecular flexibility index (Phi) is 6.13. The fourth-order valence-corrected chi connectivity index (χ4v) is 3.62. The van der Waals surface area contributed by atoms with Crippen LogP contribution in [0.3, 0.4) is 0 Å². The molecule has 0 aliphatic heterocycles. The van der Waals surface area contributed by atoms with Crippen molar-refractivity contribution in [2.75, 3.05) is 5.32 Å². The second-order valence-electron chi connectivity index (χ2n) is 6.83. The molecule has 0 unspecified atom stereocenters. The van der Waals surface area contributed by atoms with Crippen molar-refractivity contribution in [3.63, 3.8) is 0 Å². The molecular weight excluding hydrogens is 374 g/mol. The average Bonchev–Trinajstić information content (AvgIpc) is 3.30. The predicted octanol–water partition coefficient (Wildman–Crippen LogP) is 3.57. The monoisotopic (exact) mass is 399 g/mol. The van der Waals surface area contributed by atoms with Gasteiger partial charge in [-0.1, -0.05) is 36.4 Å². The van der Waals surface area contributed by atoms with E-state index in [2.05, 4.69) is 45.9 Å². The molecule has 3 rings (SSSR count). The Labute approximate surface area is 168 Å². The molecular formula is C19H25N7OS. The van der Waals surface area contributed by atoms with Gasteiger partial charge in [0, 0.05) is 6.07 Å². The number of nitrogens with zero attached hydrogens (tertiary/aromatic N) is 6.